The average molecular weight is 259 g/mol. The summed E-state index contributed by atoms with van der Waals surface area (Å²) in [6.07, 6.45) is 0.532. The van der Waals surface area contributed by atoms with Crippen molar-refractivity contribution in [1.29, 1.82) is 0 Å². The molecule has 0 spiro atoms. The molecular weight excluding hydrogens is 248 g/mol. The molecule has 6 heteroatoms. The zero-order valence-electron chi connectivity index (χ0n) is 8.91. The highest BCUT2D eigenvalue weighted by Crippen LogP contribution is 2.32. The van der Waals surface area contributed by atoms with E-state index in [1.807, 2.05) is 6.92 Å². The molecule has 0 unspecified atom stereocenters. The Balaban J connectivity index is 2.68. The second-order valence-corrected chi connectivity index (χ2v) is 5.57. The summed E-state index contributed by atoms with van der Waals surface area (Å²) in [5.74, 6) is 0.437. The summed E-state index contributed by atoms with van der Waals surface area (Å²) >= 11 is 5.95. The molecule has 1 aromatic carbocycles. The van der Waals surface area contributed by atoms with E-state index in [1.165, 1.54) is 6.07 Å². The number of hydrogen-bond acceptors (Lipinski definition) is 3. The molecule has 86 valence electrons. The van der Waals surface area contributed by atoms with E-state index in [4.69, 9.17) is 11.6 Å². The van der Waals surface area contributed by atoms with Gasteiger partial charge in [0.25, 0.3) is 10.0 Å². The van der Waals surface area contributed by atoms with Crippen LogP contribution in [0.3, 0.4) is 0 Å². The summed E-state index contributed by atoms with van der Waals surface area (Å²) in [4.78, 5) is 0.187. The lowest BCUT2D eigenvalue weighted by molar-refractivity contribution is 0.597. The van der Waals surface area contributed by atoms with Gasteiger partial charge in [-0.25, -0.2) is 0 Å². The van der Waals surface area contributed by atoms with Gasteiger partial charge in [-0.1, -0.05) is 18.5 Å². The molecule has 0 saturated carbocycles. The number of halogens is 1. The van der Waals surface area contributed by atoms with Crippen molar-refractivity contribution in [1.82, 2.24) is 0 Å². The van der Waals surface area contributed by atoms with E-state index in [-0.39, 0.29) is 4.90 Å². The van der Waals surface area contributed by atoms with Gasteiger partial charge in [0.05, 0.1) is 5.69 Å². The van der Waals surface area contributed by atoms with Crippen molar-refractivity contribution in [2.45, 2.75) is 25.2 Å². The number of benzene rings is 1. The summed E-state index contributed by atoms with van der Waals surface area (Å²) in [6, 6.07) is 3.16. The predicted octanol–water partition coefficient (Wildman–Crippen LogP) is 2.57. The number of nitrogens with zero attached hydrogens (tertiary/aromatic N) is 1. The van der Waals surface area contributed by atoms with E-state index >= 15 is 0 Å². The molecule has 4 nitrogen and oxygen atoms in total. The van der Waals surface area contributed by atoms with Gasteiger partial charge in [-0.2, -0.15) is 8.42 Å². The fraction of sp³-hybridized carbons (Fsp3) is 0.300. The van der Waals surface area contributed by atoms with Crippen molar-refractivity contribution in [3.63, 3.8) is 0 Å². The lowest BCUT2D eigenvalue weighted by Crippen LogP contribution is -2.20. The maximum absolute atomic E-state index is 11.8. The molecule has 0 saturated heterocycles. The largest absolute Gasteiger partial charge is 0.342 e. The molecule has 1 heterocycles. The molecule has 0 aliphatic carbocycles. The first-order valence-electron chi connectivity index (χ1n) is 4.85. The van der Waals surface area contributed by atoms with Crippen LogP contribution in [-0.4, -0.2) is 14.3 Å². The molecule has 16 heavy (non-hydrogen) atoms. The zero-order chi connectivity index (χ0) is 11.9. The Kier molecular flexibility index (Phi) is 2.67. The Morgan fingerprint density at radius 2 is 2.12 bits per heavy atom. The summed E-state index contributed by atoms with van der Waals surface area (Å²) in [7, 11) is -3.58. The van der Waals surface area contributed by atoms with Crippen molar-refractivity contribution in [3.8, 4) is 0 Å². The molecule has 0 bridgehead atoms. The standard InChI is InChI=1S/C10H11ClN2O2S/c1-3-10-12-8-5-7(11)6(2)4-9(8)16(14,15)13-10/h4-5H,3H2,1-2H3,(H,12,13). The molecule has 0 atom stereocenters. The lowest BCUT2D eigenvalue weighted by Gasteiger charge is -2.18. The van der Waals surface area contributed by atoms with Gasteiger partial charge in [-0.05, 0) is 24.6 Å². The van der Waals surface area contributed by atoms with Crippen molar-refractivity contribution in [2.75, 3.05) is 5.32 Å². The zero-order valence-corrected chi connectivity index (χ0v) is 10.5. The second-order valence-electron chi connectivity index (χ2n) is 3.59. The minimum absolute atomic E-state index is 0.187. The molecular formula is C10H11ClN2O2S. The molecule has 0 fully saturated rings. The predicted molar refractivity (Wildman–Crippen MR) is 64.7 cm³/mol. The third-order valence-electron chi connectivity index (χ3n) is 2.38. The van der Waals surface area contributed by atoms with Gasteiger partial charge in [0.2, 0.25) is 0 Å². The minimum atomic E-state index is -3.58. The topological polar surface area (TPSA) is 58.5 Å². The SMILES string of the molecule is CCC1=NS(=O)(=O)c2cc(C)c(Cl)cc2N1. The van der Waals surface area contributed by atoms with E-state index < -0.39 is 10.0 Å². The van der Waals surface area contributed by atoms with Gasteiger partial charge >= 0.3 is 0 Å². The van der Waals surface area contributed by atoms with Gasteiger partial charge in [-0.15, -0.1) is 4.40 Å². The van der Waals surface area contributed by atoms with E-state index in [9.17, 15) is 8.42 Å². The average Bonchev–Trinajstić information content (AvgIpc) is 2.20. The van der Waals surface area contributed by atoms with Gasteiger partial charge < -0.3 is 5.32 Å². The number of rotatable bonds is 1. The first kappa shape index (κ1) is 11.4. The second kappa shape index (κ2) is 3.75. The van der Waals surface area contributed by atoms with Crippen LogP contribution in [0.4, 0.5) is 5.69 Å². The summed E-state index contributed by atoms with van der Waals surface area (Å²) in [5.41, 5.74) is 1.23. The van der Waals surface area contributed by atoms with Crippen LogP contribution < -0.4 is 5.32 Å². The summed E-state index contributed by atoms with van der Waals surface area (Å²) in [5, 5.41) is 3.50. The van der Waals surface area contributed by atoms with Crippen molar-refractivity contribution >= 4 is 33.1 Å². The van der Waals surface area contributed by atoms with E-state index in [2.05, 4.69) is 9.71 Å². The summed E-state index contributed by atoms with van der Waals surface area (Å²) in [6.45, 7) is 3.60. The van der Waals surface area contributed by atoms with Crippen LogP contribution in [0.25, 0.3) is 0 Å². The Bertz CT molecular complexity index is 579. The fourth-order valence-corrected chi connectivity index (χ4v) is 2.93. The van der Waals surface area contributed by atoms with Crippen molar-refractivity contribution in [3.05, 3.63) is 22.7 Å². The van der Waals surface area contributed by atoms with Gasteiger partial charge in [0.15, 0.2) is 0 Å². The number of anilines is 1. The highest BCUT2D eigenvalue weighted by atomic mass is 35.5. The Labute approximate surface area is 99.4 Å². The maximum Gasteiger partial charge on any atom is 0.286 e. The number of aryl methyl sites for hydroxylation is 1. The van der Waals surface area contributed by atoms with E-state index in [0.29, 0.717) is 23.0 Å². The monoisotopic (exact) mass is 258 g/mol. The molecule has 1 aromatic rings. The van der Waals surface area contributed by atoms with E-state index in [0.717, 1.165) is 5.56 Å². The van der Waals surface area contributed by atoms with Gasteiger partial charge in [-0.3, -0.25) is 0 Å². The molecule has 0 aromatic heterocycles. The normalized spacial score (nSPS) is 17.3. The first-order chi connectivity index (χ1) is 7.44. The number of nitrogens with one attached hydrogen (secondary N) is 1. The number of hydrogen-bond donors (Lipinski definition) is 1. The Hall–Kier alpha value is -1.07. The smallest absolute Gasteiger partial charge is 0.286 e. The third-order valence-corrected chi connectivity index (χ3v) is 4.14. The third kappa shape index (κ3) is 1.81. The van der Waals surface area contributed by atoms with Crippen molar-refractivity contribution < 1.29 is 8.42 Å². The molecule has 0 radical (unpaired) electrons. The van der Waals surface area contributed by atoms with Crippen LogP contribution in [0.1, 0.15) is 18.9 Å². The van der Waals surface area contributed by atoms with Crippen LogP contribution in [0.15, 0.2) is 21.4 Å². The Morgan fingerprint density at radius 1 is 1.44 bits per heavy atom. The van der Waals surface area contributed by atoms with Crippen LogP contribution in [0, 0.1) is 6.92 Å². The van der Waals surface area contributed by atoms with Gasteiger partial charge in [0.1, 0.15) is 10.7 Å². The molecule has 1 aliphatic rings. The maximum atomic E-state index is 11.8. The van der Waals surface area contributed by atoms with Crippen LogP contribution in [0.2, 0.25) is 5.02 Å². The van der Waals surface area contributed by atoms with E-state index in [1.54, 1.807) is 13.0 Å². The first-order valence-corrected chi connectivity index (χ1v) is 6.67. The molecule has 0 amide bonds. The number of amidine groups is 1. The lowest BCUT2D eigenvalue weighted by atomic mass is 10.2. The fourth-order valence-electron chi connectivity index (χ4n) is 1.49. The number of fused-ring (bicyclic) bond motifs is 1. The highest BCUT2D eigenvalue weighted by molar-refractivity contribution is 7.90. The van der Waals surface area contributed by atoms with Crippen LogP contribution >= 0.6 is 11.6 Å². The summed E-state index contributed by atoms with van der Waals surface area (Å²) < 4.78 is 27.3. The highest BCUT2D eigenvalue weighted by Gasteiger charge is 2.24. The quantitative estimate of drug-likeness (QED) is 0.842. The van der Waals surface area contributed by atoms with Gasteiger partial charge in [0, 0.05) is 11.4 Å². The molecule has 2 rings (SSSR count). The number of sulfonamides is 1. The molecule has 1 aliphatic heterocycles. The van der Waals surface area contributed by atoms with Crippen molar-refractivity contribution in [2.24, 2.45) is 4.40 Å². The van der Waals surface area contributed by atoms with Crippen LogP contribution in [-0.2, 0) is 10.0 Å². The van der Waals surface area contributed by atoms with Crippen LogP contribution in [0.5, 0.6) is 0 Å². The molecule has 1 N–H and O–H groups in total. The Morgan fingerprint density at radius 3 is 2.75 bits per heavy atom. The minimum Gasteiger partial charge on any atom is -0.342 e.